The van der Waals surface area contributed by atoms with Crippen molar-refractivity contribution in [1.82, 2.24) is 4.98 Å². The molecule has 0 saturated heterocycles. The van der Waals surface area contributed by atoms with E-state index in [2.05, 4.69) is 4.74 Å². The zero-order valence-electron chi connectivity index (χ0n) is 5.70. The number of hydrogen-bond acceptors (Lipinski definition) is 1. The number of hydrogen-bond donors (Lipinski definition) is 1. The van der Waals surface area contributed by atoms with E-state index < -0.39 is 11.9 Å². The Labute approximate surface area is 61.0 Å². The first-order chi connectivity index (χ1) is 5.05. The number of methoxy groups -OCH3 is 1. The minimum absolute atomic E-state index is 0.183. The summed E-state index contributed by atoms with van der Waals surface area (Å²) in [5.74, 6) is -0.183. The molecule has 1 N–H and O–H groups in total. The smallest absolute Gasteiger partial charge is 0.434 e. The number of aromatic amines is 1. The summed E-state index contributed by atoms with van der Waals surface area (Å²) in [6, 6.07) is 1.23. The third kappa shape index (κ3) is 1.47. The van der Waals surface area contributed by atoms with Crippen molar-refractivity contribution in [3.63, 3.8) is 0 Å². The van der Waals surface area contributed by atoms with E-state index in [0.717, 1.165) is 0 Å². The highest BCUT2D eigenvalue weighted by atomic mass is 19.4. The zero-order chi connectivity index (χ0) is 8.48. The van der Waals surface area contributed by atoms with Crippen LogP contribution < -0.4 is 4.74 Å². The fourth-order valence-electron chi connectivity index (χ4n) is 0.747. The van der Waals surface area contributed by atoms with Gasteiger partial charge >= 0.3 is 6.18 Å². The van der Waals surface area contributed by atoms with Crippen molar-refractivity contribution in [1.29, 1.82) is 0 Å². The zero-order valence-corrected chi connectivity index (χ0v) is 5.70. The first-order valence-electron chi connectivity index (χ1n) is 2.84. The van der Waals surface area contributed by atoms with Gasteiger partial charge in [-0.15, -0.1) is 0 Å². The molecule has 0 atom stereocenters. The predicted molar refractivity (Wildman–Crippen MR) is 32.3 cm³/mol. The van der Waals surface area contributed by atoms with Crippen LogP contribution in [0.4, 0.5) is 13.2 Å². The fourth-order valence-corrected chi connectivity index (χ4v) is 0.747. The maximum Gasteiger partial charge on any atom is 0.434 e. The van der Waals surface area contributed by atoms with Gasteiger partial charge in [-0.25, -0.2) is 0 Å². The highest BCUT2D eigenvalue weighted by Gasteiger charge is 2.35. The Morgan fingerprint density at radius 3 is 2.45 bits per heavy atom. The molecule has 1 aromatic rings. The molecule has 0 fully saturated rings. The minimum Gasteiger partial charge on any atom is -0.495 e. The molecule has 1 heterocycles. The highest BCUT2D eigenvalue weighted by Crippen LogP contribution is 2.34. The van der Waals surface area contributed by atoms with Crippen LogP contribution in [0.3, 0.4) is 0 Å². The van der Waals surface area contributed by atoms with E-state index in [9.17, 15) is 13.2 Å². The Kier molecular flexibility index (Phi) is 1.80. The predicted octanol–water partition coefficient (Wildman–Crippen LogP) is 2.04. The molecule has 0 saturated carbocycles. The monoisotopic (exact) mass is 165 g/mol. The molecule has 0 bridgehead atoms. The summed E-state index contributed by atoms with van der Waals surface area (Å²) in [7, 11) is 1.19. The van der Waals surface area contributed by atoms with Crippen LogP contribution in [0.15, 0.2) is 12.3 Å². The van der Waals surface area contributed by atoms with Crippen LogP contribution in [0.5, 0.6) is 5.75 Å². The third-order valence-corrected chi connectivity index (χ3v) is 1.21. The van der Waals surface area contributed by atoms with Crippen molar-refractivity contribution in [2.24, 2.45) is 0 Å². The van der Waals surface area contributed by atoms with Crippen LogP contribution in [0.1, 0.15) is 5.69 Å². The Hall–Kier alpha value is -1.13. The summed E-state index contributed by atoms with van der Waals surface area (Å²) < 4.78 is 40.3. The van der Waals surface area contributed by atoms with Gasteiger partial charge in [-0.1, -0.05) is 0 Å². The van der Waals surface area contributed by atoms with Crippen molar-refractivity contribution < 1.29 is 17.9 Å². The van der Waals surface area contributed by atoms with Crippen LogP contribution in [-0.4, -0.2) is 12.1 Å². The molecular weight excluding hydrogens is 159 g/mol. The van der Waals surface area contributed by atoms with Gasteiger partial charge in [0.2, 0.25) is 0 Å². The van der Waals surface area contributed by atoms with Crippen LogP contribution >= 0.6 is 0 Å². The van der Waals surface area contributed by atoms with Crippen LogP contribution in [-0.2, 0) is 6.18 Å². The van der Waals surface area contributed by atoms with Crippen molar-refractivity contribution >= 4 is 0 Å². The standard InChI is InChI=1S/C6H6F3NO/c1-11-4-2-3-10-5(4)6(7,8)9/h2-3,10H,1H3. The normalized spacial score (nSPS) is 11.6. The summed E-state index contributed by atoms with van der Waals surface area (Å²) in [5, 5.41) is 0. The molecule has 0 amide bonds. The molecule has 62 valence electrons. The molecular formula is C6H6F3NO. The maximum atomic E-state index is 12.0. The van der Waals surface area contributed by atoms with Gasteiger partial charge in [-0.3, -0.25) is 0 Å². The van der Waals surface area contributed by atoms with Gasteiger partial charge in [0.15, 0.2) is 5.69 Å². The van der Waals surface area contributed by atoms with E-state index in [1.165, 1.54) is 19.4 Å². The Morgan fingerprint density at radius 2 is 2.09 bits per heavy atom. The SMILES string of the molecule is COc1cc[nH]c1C(F)(F)F. The minimum atomic E-state index is -4.37. The number of alkyl halides is 3. The molecule has 2 nitrogen and oxygen atoms in total. The Morgan fingerprint density at radius 1 is 1.45 bits per heavy atom. The van der Waals surface area contributed by atoms with E-state index >= 15 is 0 Å². The Bertz CT molecular complexity index is 240. The lowest BCUT2D eigenvalue weighted by molar-refractivity contribution is -0.141. The average molecular weight is 165 g/mol. The van der Waals surface area contributed by atoms with E-state index in [1.54, 1.807) is 0 Å². The topological polar surface area (TPSA) is 25.0 Å². The lowest BCUT2D eigenvalue weighted by Crippen LogP contribution is -2.06. The summed E-state index contributed by atoms with van der Waals surface area (Å²) in [6.07, 6.45) is -3.18. The molecule has 0 unspecified atom stereocenters. The molecule has 0 aromatic carbocycles. The third-order valence-electron chi connectivity index (χ3n) is 1.21. The van der Waals surface area contributed by atoms with Gasteiger partial charge in [0.1, 0.15) is 5.75 Å². The van der Waals surface area contributed by atoms with Crippen LogP contribution in [0, 0.1) is 0 Å². The number of rotatable bonds is 1. The lowest BCUT2D eigenvalue weighted by Gasteiger charge is -2.05. The largest absolute Gasteiger partial charge is 0.495 e. The van der Waals surface area contributed by atoms with Crippen molar-refractivity contribution in [3.05, 3.63) is 18.0 Å². The molecule has 0 aliphatic heterocycles. The lowest BCUT2D eigenvalue weighted by atomic mass is 10.4. The number of H-pyrrole nitrogens is 1. The Balaban J connectivity index is 3.02. The van der Waals surface area contributed by atoms with E-state index in [0.29, 0.717) is 0 Å². The van der Waals surface area contributed by atoms with E-state index in [1.807, 2.05) is 4.98 Å². The molecule has 1 rings (SSSR count). The second kappa shape index (κ2) is 2.48. The maximum absolute atomic E-state index is 12.0. The quantitative estimate of drug-likeness (QED) is 0.676. The fraction of sp³-hybridized carbons (Fsp3) is 0.333. The summed E-state index contributed by atoms with van der Waals surface area (Å²) in [5.41, 5.74) is -0.847. The van der Waals surface area contributed by atoms with Crippen molar-refractivity contribution in [2.45, 2.75) is 6.18 Å². The van der Waals surface area contributed by atoms with Gasteiger partial charge in [0.05, 0.1) is 7.11 Å². The number of aromatic nitrogens is 1. The molecule has 0 radical (unpaired) electrons. The first-order valence-corrected chi connectivity index (χ1v) is 2.84. The molecule has 5 heteroatoms. The summed E-state index contributed by atoms with van der Waals surface area (Å²) in [6.45, 7) is 0. The van der Waals surface area contributed by atoms with Gasteiger partial charge in [0, 0.05) is 6.20 Å². The van der Waals surface area contributed by atoms with Crippen molar-refractivity contribution in [2.75, 3.05) is 7.11 Å². The van der Waals surface area contributed by atoms with E-state index in [4.69, 9.17) is 0 Å². The summed E-state index contributed by atoms with van der Waals surface area (Å²) >= 11 is 0. The molecule has 11 heavy (non-hydrogen) atoms. The summed E-state index contributed by atoms with van der Waals surface area (Å²) in [4.78, 5) is 2.05. The molecule has 0 spiro atoms. The van der Waals surface area contributed by atoms with Gasteiger partial charge in [0.25, 0.3) is 0 Å². The van der Waals surface area contributed by atoms with Gasteiger partial charge < -0.3 is 9.72 Å². The van der Waals surface area contributed by atoms with Crippen molar-refractivity contribution in [3.8, 4) is 5.75 Å². The van der Waals surface area contributed by atoms with Crippen LogP contribution in [0.25, 0.3) is 0 Å². The molecule has 0 aliphatic rings. The van der Waals surface area contributed by atoms with E-state index in [-0.39, 0.29) is 5.75 Å². The number of ether oxygens (including phenoxy) is 1. The number of nitrogens with one attached hydrogen (secondary N) is 1. The molecule has 0 aliphatic carbocycles. The first kappa shape index (κ1) is 7.97. The van der Waals surface area contributed by atoms with Gasteiger partial charge in [-0.2, -0.15) is 13.2 Å². The highest BCUT2D eigenvalue weighted by molar-refractivity contribution is 5.29. The van der Waals surface area contributed by atoms with Crippen LogP contribution in [0.2, 0.25) is 0 Å². The second-order valence-corrected chi connectivity index (χ2v) is 1.92. The van der Waals surface area contributed by atoms with Gasteiger partial charge in [-0.05, 0) is 6.07 Å². The second-order valence-electron chi connectivity index (χ2n) is 1.92. The average Bonchev–Trinajstić information content (AvgIpc) is 2.31. The molecule has 1 aromatic heterocycles. The number of halogens is 3.